The van der Waals surface area contributed by atoms with Crippen LogP contribution in [0.15, 0.2) is 12.1 Å². The fourth-order valence-electron chi connectivity index (χ4n) is 1.45. The minimum atomic E-state index is -1.08. The fourth-order valence-corrected chi connectivity index (χ4v) is 2.50. The third kappa shape index (κ3) is 4.22. The molecule has 1 aromatic carbocycles. The molecule has 1 rings (SSSR count). The number of carbonyl (C=O) groups excluding carboxylic acids is 1. The Morgan fingerprint density at radius 3 is 2.37 bits per heavy atom. The lowest BCUT2D eigenvalue weighted by molar-refractivity contribution is -0.140. The lowest BCUT2D eigenvalue weighted by atomic mass is 10.0. The molecule has 1 amide bonds. The van der Waals surface area contributed by atoms with Gasteiger partial charge < -0.3 is 10.4 Å². The maximum Gasteiger partial charge on any atom is 0.326 e. The topological polar surface area (TPSA) is 66.4 Å². The zero-order chi connectivity index (χ0) is 14.7. The number of hydrogen-bond acceptors (Lipinski definition) is 2. The SMILES string of the molecule is CC(C)[C@@H](NC(=O)c1cc(Cl)cc(Cl)c1I)C(=O)O. The van der Waals surface area contributed by atoms with Crippen molar-refractivity contribution in [2.45, 2.75) is 19.9 Å². The van der Waals surface area contributed by atoms with Gasteiger partial charge in [-0.2, -0.15) is 0 Å². The summed E-state index contributed by atoms with van der Waals surface area (Å²) in [5, 5.41) is 12.2. The molecule has 0 bridgehead atoms. The molecule has 0 aliphatic carbocycles. The van der Waals surface area contributed by atoms with Crippen LogP contribution >= 0.6 is 45.8 Å². The molecular weight excluding hydrogens is 404 g/mol. The molecular formula is C12H12Cl2INO3. The van der Waals surface area contributed by atoms with Crippen LogP contribution < -0.4 is 5.32 Å². The molecule has 0 radical (unpaired) electrons. The van der Waals surface area contributed by atoms with E-state index in [-0.39, 0.29) is 11.5 Å². The van der Waals surface area contributed by atoms with Crippen LogP contribution in [-0.4, -0.2) is 23.0 Å². The number of carboxylic acids is 1. The van der Waals surface area contributed by atoms with Gasteiger partial charge in [-0.15, -0.1) is 0 Å². The van der Waals surface area contributed by atoms with E-state index in [0.29, 0.717) is 13.6 Å². The highest BCUT2D eigenvalue weighted by molar-refractivity contribution is 14.1. The first kappa shape index (κ1) is 16.5. The smallest absolute Gasteiger partial charge is 0.326 e. The van der Waals surface area contributed by atoms with Crippen LogP contribution in [0.3, 0.4) is 0 Å². The standard InChI is InChI=1S/C12H12Cl2INO3/c1-5(2)10(12(18)19)16-11(17)7-3-6(13)4-8(14)9(7)15/h3-5,10H,1-2H3,(H,16,17)(H,18,19)/t10-/m1/s1. The third-order valence-electron chi connectivity index (χ3n) is 2.46. The molecule has 104 valence electrons. The van der Waals surface area contributed by atoms with Crippen molar-refractivity contribution < 1.29 is 14.7 Å². The van der Waals surface area contributed by atoms with Gasteiger partial charge in [-0.05, 0) is 40.6 Å². The highest BCUT2D eigenvalue weighted by Crippen LogP contribution is 2.27. The molecule has 0 saturated carbocycles. The first-order valence-electron chi connectivity index (χ1n) is 5.42. The molecule has 0 aliphatic heterocycles. The van der Waals surface area contributed by atoms with Crippen molar-refractivity contribution in [3.8, 4) is 0 Å². The van der Waals surface area contributed by atoms with E-state index in [4.69, 9.17) is 28.3 Å². The van der Waals surface area contributed by atoms with Crippen LogP contribution in [0.5, 0.6) is 0 Å². The van der Waals surface area contributed by atoms with Crippen molar-refractivity contribution in [1.29, 1.82) is 0 Å². The summed E-state index contributed by atoms with van der Waals surface area (Å²) in [6.45, 7) is 3.43. The number of halogens is 3. The van der Waals surface area contributed by atoms with Gasteiger partial charge >= 0.3 is 5.97 Å². The molecule has 4 nitrogen and oxygen atoms in total. The quantitative estimate of drug-likeness (QED) is 0.584. The molecule has 0 aromatic heterocycles. The number of rotatable bonds is 4. The number of benzene rings is 1. The Morgan fingerprint density at radius 1 is 1.32 bits per heavy atom. The predicted octanol–water partition coefficient (Wildman–Crippen LogP) is 3.44. The Bertz CT molecular complexity index is 520. The molecule has 0 aliphatic rings. The average molecular weight is 416 g/mol. The molecule has 0 heterocycles. The van der Waals surface area contributed by atoms with Gasteiger partial charge in [-0.1, -0.05) is 37.0 Å². The maximum atomic E-state index is 12.1. The van der Waals surface area contributed by atoms with Crippen LogP contribution in [0.2, 0.25) is 10.0 Å². The number of carboxylic acid groups (broad SMARTS) is 1. The highest BCUT2D eigenvalue weighted by atomic mass is 127. The number of hydrogen-bond donors (Lipinski definition) is 2. The van der Waals surface area contributed by atoms with Crippen molar-refractivity contribution in [3.05, 3.63) is 31.3 Å². The molecule has 1 aromatic rings. The Kier molecular flexibility index (Phi) is 5.88. The van der Waals surface area contributed by atoms with E-state index in [1.165, 1.54) is 12.1 Å². The second-order valence-electron chi connectivity index (χ2n) is 4.28. The van der Waals surface area contributed by atoms with Crippen LogP contribution in [0.25, 0.3) is 0 Å². The minimum Gasteiger partial charge on any atom is -0.480 e. The van der Waals surface area contributed by atoms with Gasteiger partial charge in [0.05, 0.1) is 10.6 Å². The first-order chi connectivity index (χ1) is 8.73. The minimum absolute atomic E-state index is 0.228. The summed E-state index contributed by atoms with van der Waals surface area (Å²) in [4.78, 5) is 23.2. The monoisotopic (exact) mass is 415 g/mol. The summed E-state index contributed by atoms with van der Waals surface area (Å²) in [6, 6.07) is 2.03. The van der Waals surface area contributed by atoms with E-state index in [0.717, 1.165) is 0 Å². The number of nitrogens with one attached hydrogen (secondary N) is 1. The summed E-state index contributed by atoms with van der Waals surface area (Å²) in [5.74, 6) is -1.81. The van der Waals surface area contributed by atoms with Crippen molar-refractivity contribution in [2.24, 2.45) is 5.92 Å². The zero-order valence-corrected chi connectivity index (χ0v) is 13.9. The van der Waals surface area contributed by atoms with Crippen molar-refractivity contribution in [1.82, 2.24) is 5.32 Å². The second kappa shape index (κ2) is 6.76. The Balaban J connectivity index is 3.04. The third-order valence-corrected chi connectivity index (χ3v) is 4.45. The lowest BCUT2D eigenvalue weighted by Gasteiger charge is -2.18. The molecule has 19 heavy (non-hydrogen) atoms. The van der Waals surface area contributed by atoms with Crippen LogP contribution in [0.4, 0.5) is 0 Å². The lowest BCUT2D eigenvalue weighted by Crippen LogP contribution is -2.44. The maximum absolute atomic E-state index is 12.1. The van der Waals surface area contributed by atoms with Gasteiger partial charge in [0.15, 0.2) is 0 Å². The van der Waals surface area contributed by atoms with Gasteiger partial charge in [0, 0.05) is 8.59 Å². The van der Waals surface area contributed by atoms with E-state index in [1.54, 1.807) is 13.8 Å². The van der Waals surface area contributed by atoms with Gasteiger partial charge in [-0.25, -0.2) is 4.79 Å². The van der Waals surface area contributed by atoms with E-state index in [2.05, 4.69) is 5.32 Å². The zero-order valence-electron chi connectivity index (χ0n) is 10.2. The molecule has 7 heteroatoms. The molecule has 0 fully saturated rings. The normalized spacial score (nSPS) is 12.3. The van der Waals surface area contributed by atoms with E-state index in [1.807, 2.05) is 22.6 Å². The van der Waals surface area contributed by atoms with Crippen LogP contribution in [-0.2, 0) is 4.79 Å². The largest absolute Gasteiger partial charge is 0.480 e. The summed E-state index contributed by atoms with van der Waals surface area (Å²) in [5.41, 5.74) is 0.269. The van der Waals surface area contributed by atoms with Crippen molar-refractivity contribution in [3.63, 3.8) is 0 Å². The van der Waals surface area contributed by atoms with Crippen LogP contribution in [0.1, 0.15) is 24.2 Å². The Morgan fingerprint density at radius 2 is 1.89 bits per heavy atom. The number of amides is 1. The van der Waals surface area contributed by atoms with Gasteiger partial charge in [0.1, 0.15) is 6.04 Å². The van der Waals surface area contributed by atoms with Gasteiger partial charge in [-0.3, -0.25) is 4.79 Å². The Labute approximate surface area is 134 Å². The van der Waals surface area contributed by atoms with Crippen molar-refractivity contribution in [2.75, 3.05) is 0 Å². The predicted molar refractivity (Wildman–Crippen MR) is 82.9 cm³/mol. The molecule has 1 atom stereocenters. The summed E-state index contributed by atoms with van der Waals surface area (Å²) >= 11 is 13.7. The highest BCUT2D eigenvalue weighted by Gasteiger charge is 2.25. The molecule has 0 saturated heterocycles. The first-order valence-corrected chi connectivity index (χ1v) is 7.25. The number of aliphatic carboxylic acids is 1. The summed E-state index contributed by atoms with van der Waals surface area (Å²) < 4.78 is 0.536. The Hall–Kier alpha value is -0.530. The van der Waals surface area contributed by atoms with Crippen LogP contribution in [0, 0.1) is 9.49 Å². The van der Waals surface area contributed by atoms with Gasteiger partial charge in [0.25, 0.3) is 5.91 Å². The molecule has 2 N–H and O–H groups in total. The van der Waals surface area contributed by atoms with E-state index >= 15 is 0 Å². The molecule has 0 spiro atoms. The van der Waals surface area contributed by atoms with E-state index in [9.17, 15) is 9.59 Å². The second-order valence-corrected chi connectivity index (χ2v) is 6.20. The molecule has 0 unspecified atom stereocenters. The van der Waals surface area contributed by atoms with E-state index < -0.39 is 17.9 Å². The van der Waals surface area contributed by atoms with Gasteiger partial charge in [0.2, 0.25) is 0 Å². The average Bonchev–Trinajstić information content (AvgIpc) is 2.29. The number of carbonyl (C=O) groups is 2. The fraction of sp³-hybridized carbons (Fsp3) is 0.333. The summed E-state index contributed by atoms with van der Waals surface area (Å²) in [6.07, 6.45) is 0. The van der Waals surface area contributed by atoms with Crippen molar-refractivity contribution >= 4 is 57.7 Å². The summed E-state index contributed by atoms with van der Waals surface area (Å²) in [7, 11) is 0.